The average Bonchev–Trinajstić information content (AvgIpc) is 1.10. The molecule has 36 heteroatoms. The third-order valence-corrected chi connectivity index (χ3v) is 26.9. The fraction of sp³-hybridized carbons (Fsp3) is 0.827. The normalized spacial score (nSPS) is 48.4. The predicted molar refractivity (Wildman–Crippen MR) is 371 cm³/mol. The monoisotopic (exact) mass is 1590 g/mol. The van der Waals surface area contributed by atoms with E-state index >= 15 is 4.79 Å². The maximum Gasteiger partial charge on any atom is 0.331 e. The van der Waals surface area contributed by atoms with Crippen molar-refractivity contribution in [3.63, 3.8) is 0 Å². The number of rotatable bonds is 22. The van der Waals surface area contributed by atoms with E-state index < -0.39 is 279 Å². The Morgan fingerprint density at radius 1 is 0.559 bits per heavy atom. The van der Waals surface area contributed by atoms with Crippen LogP contribution in [0, 0.1) is 50.2 Å². The van der Waals surface area contributed by atoms with Crippen LogP contribution >= 0.6 is 0 Å². The quantitative estimate of drug-likeness (QED) is 0.0236. The third-order valence-electron chi connectivity index (χ3n) is 26.9. The number of carboxylic acids is 1. The van der Waals surface area contributed by atoms with Crippen LogP contribution in [0.15, 0.2) is 29.9 Å². The molecule has 36 atom stereocenters. The average molecular weight is 1590 g/mol. The molecule has 5 aliphatic carbocycles. The molecule has 0 amide bonds. The number of fused-ring (bicyclic) bond motifs is 7. The Balaban J connectivity index is 0.857. The number of aliphatic hydroxyl groups is 16. The molecule has 11 aliphatic rings. The summed E-state index contributed by atoms with van der Waals surface area (Å²) in [4.78, 5) is 44.3. The van der Waals surface area contributed by atoms with Crippen molar-refractivity contribution < 1.29 is 177 Å². The molecule has 4 saturated carbocycles. The number of methoxy groups -OCH3 is 3. The van der Waals surface area contributed by atoms with Crippen LogP contribution in [0.25, 0.3) is 6.08 Å². The van der Waals surface area contributed by atoms with Crippen molar-refractivity contribution in [2.45, 2.75) is 278 Å². The number of esters is 2. The topological polar surface area (TPSA) is 543 Å². The van der Waals surface area contributed by atoms with Gasteiger partial charge in [0.25, 0.3) is 0 Å². The number of carboxylic acid groups (broad SMARTS) is 1. The van der Waals surface area contributed by atoms with Gasteiger partial charge in [-0.1, -0.05) is 39.3 Å². The van der Waals surface area contributed by atoms with E-state index in [1.54, 1.807) is 12.1 Å². The first-order valence-electron chi connectivity index (χ1n) is 38.0. The molecule has 6 saturated heterocycles. The number of benzene rings is 1. The Bertz CT molecular complexity index is 3480. The molecule has 6 aliphatic heterocycles. The van der Waals surface area contributed by atoms with Gasteiger partial charge in [0.1, 0.15) is 103 Å². The number of carbonyl (C=O) groups excluding carboxylic acids is 2. The lowest BCUT2D eigenvalue weighted by Crippen LogP contribution is -2.71. The number of ether oxygens (including phenoxy) is 16. The molecule has 1 aromatic carbocycles. The largest absolute Gasteiger partial charge is 0.493 e. The summed E-state index contributed by atoms with van der Waals surface area (Å²) < 4.78 is 95.6. The third kappa shape index (κ3) is 15.0. The highest BCUT2D eigenvalue weighted by molar-refractivity contribution is 5.87. The molecule has 12 rings (SSSR count). The van der Waals surface area contributed by atoms with Crippen LogP contribution in [-0.4, -0.2) is 337 Å². The van der Waals surface area contributed by atoms with E-state index in [2.05, 4.69) is 20.8 Å². The number of allylic oxidation sites excluding steroid dienone is 1. The molecule has 0 spiro atoms. The van der Waals surface area contributed by atoms with Crippen LogP contribution in [0.2, 0.25) is 0 Å². The minimum atomic E-state index is -2.31. The van der Waals surface area contributed by atoms with Crippen molar-refractivity contribution in [3.8, 4) is 17.2 Å². The van der Waals surface area contributed by atoms with E-state index in [1.807, 2.05) is 13.0 Å². The number of aliphatic hydroxyl groups excluding tert-OH is 15. The van der Waals surface area contributed by atoms with Crippen molar-refractivity contribution in [2.24, 2.45) is 50.2 Å². The van der Waals surface area contributed by atoms with E-state index in [4.69, 9.17) is 75.8 Å². The number of aliphatic carboxylic acids is 1. The van der Waals surface area contributed by atoms with Crippen LogP contribution in [0.5, 0.6) is 17.2 Å². The molecule has 0 unspecified atom stereocenters. The summed E-state index contributed by atoms with van der Waals surface area (Å²) in [6, 6.07) is 3.11. The highest BCUT2D eigenvalue weighted by Crippen LogP contribution is 2.76. The smallest absolute Gasteiger partial charge is 0.331 e. The van der Waals surface area contributed by atoms with E-state index in [1.165, 1.54) is 48.2 Å². The summed E-state index contributed by atoms with van der Waals surface area (Å²) in [5, 5.41) is 191. The second kappa shape index (κ2) is 32.7. The molecular formula is C75H112O36. The van der Waals surface area contributed by atoms with Gasteiger partial charge in [-0.2, -0.15) is 0 Å². The van der Waals surface area contributed by atoms with Gasteiger partial charge in [-0.25, -0.2) is 4.79 Å². The van der Waals surface area contributed by atoms with Gasteiger partial charge >= 0.3 is 17.9 Å². The molecule has 1 aromatic rings. The summed E-state index contributed by atoms with van der Waals surface area (Å²) >= 11 is 0. The molecular weight excluding hydrogens is 1480 g/mol. The molecule has 0 aromatic heterocycles. The first kappa shape index (κ1) is 85.8. The van der Waals surface area contributed by atoms with E-state index in [9.17, 15) is 96.4 Å². The molecule has 111 heavy (non-hydrogen) atoms. The summed E-state index contributed by atoms with van der Waals surface area (Å²) in [5.41, 5.74) is -7.77. The van der Waals surface area contributed by atoms with Gasteiger partial charge in [-0.3, -0.25) is 9.59 Å². The van der Waals surface area contributed by atoms with Gasteiger partial charge < -0.3 is 163 Å². The molecule has 628 valence electrons. The zero-order valence-electron chi connectivity index (χ0n) is 63.7. The minimum absolute atomic E-state index is 0.0230. The first-order chi connectivity index (χ1) is 52.3. The van der Waals surface area contributed by atoms with Crippen LogP contribution in [0.3, 0.4) is 0 Å². The first-order valence-corrected chi connectivity index (χ1v) is 38.0. The summed E-state index contributed by atoms with van der Waals surface area (Å²) in [6.07, 6.45) is -41.1. The van der Waals surface area contributed by atoms with Crippen molar-refractivity contribution in [3.05, 3.63) is 35.4 Å². The molecule has 6 heterocycles. The van der Waals surface area contributed by atoms with Crippen molar-refractivity contribution in [1.82, 2.24) is 0 Å². The Kier molecular flexibility index (Phi) is 25.3. The van der Waals surface area contributed by atoms with E-state index in [0.717, 1.165) is 11.6 Å². The van der Waals surface area contributed by atoms with Crippen LogP contribution in [0.4, 0.5) is 0 Å². The molecule has 17 N–H and O–H groups in total. The van der Waals surface area contributed by atoms with Crippen molar-refractivity contribution in [2.75, 3.05) is 61.0 Å². The van der Waals surface area contributed by atoms with Crippen LogP contribution in [-0.2, 0) is 76.0 Å². The molecule has 36 nitrogen and oxygen atoms in total. The lowest BCUT2D eigenvalue weighted by molar-refractivity contribution is -0.388. The van der Waals surface area contributed by atoms with Crippen LogP contribution < -0.4 is 14.2 Å². The summed E-state index contributed by atoms with van der Waals surface area (Å²) in [5.74, 6) is -4.19. The van der Waals surface area contributed by atoms with E-state index in [0.29, 0.717) is 31.2 Å². The Morgan fingerprint density at radius 2 is 1.15 bits per heavy atom. The fourth-order valence-electron chi connectivity index (χ4n) is 20.5. The second-order valence-electron chi connectivity index (χ2n) is 33.7. The number of hydrogen-bond donors (Lipinski definition) is 17. The highest BCUT2D eigenvalue weighted by atomic mass is 16.8. The fourth-order valence-corrected chi connectivity index (χ4v) is 20.5. The Morgan fingerprint density at radius 3 is 1.78 bits per heavy atom. The number of carbonyl (C=O) groups is 3. The zero-order chi connectivity index (χ0) is 80.9. The minimum Gasteiger partial charge on any atom is -0.493 e. The molecule has 0 bridgehead atoms. The maximum atomic E-state index is 16.2. The Hall–Kier alpha value is -4.57. The summed E-state index contributed by atoms with van der Waals surface area (Å²) in [7, 11) is 4.22. The zero-order valence-corrected chi connectivity index (χ0v) is 63.7. The van der Waals surface area contributed by atoms with Gasteiger partial charge in [0.2, 0.25) is 12.0 Å². The molecule has 0 radical (unpaired) electrons. The standard InChI is InChI=1S/C75H112O36/c1-31-53(105-44(82)14-11-33-21-39(96-8)56(98-10)40(22-33)97-9)50(88)58(109-64-52(90)57(108-66-59(91)75(95,29-78)30-101-66)54(32(2)102-64)106-62-51(89)55(38(81)27-100-62)107-61-48(86)45(83)37(80)26-99-61)65(103-31)111-68(94)73-18-17-69(3,4)23-35(73)34-12-13-42-70(5)24-36(79)60(110-63-49(87)47(85)46(84)41(25-76)104-63)72(7,67(92)93)43(70)15-16-71(42,6)74(34,28-77)20-19-73/h11-12,14,21-22,31-32,35-38,41-43,45-55,57-66,76-81,83-91,95H,13,15-20,23-30H2,1-10H3,(H,92,93)/b14-11+/t31-,32+,35+,36+,37+,38-,41-,42-,43-,45+,46-,47+,48-,49-,50+,51-,52+,53+,54-,55+,57-,58-,59+,60+,61+,62-,63+,64-,65+,66+,70-,71-,72+,73+,74+,75-/m1/s1. The maximum absolute atomic E-state index is 16.2. The van der Waals surface area contributed by atoms with Gasteiger partial charge in [-0.15, -0.1) is 0 Å². The Labute approximate surface area is 640 Å². The second-order valence-corrected chi connectivity index (χ2v) is 33.7. The highest BCUT2D eigenvalue weighted by Gasteiger charge is 2.74. The van der Waals surface area contributed by atoms with Gasteiger partial charge in [-0.05, 0) is 136 Å². The van der Waals surface area contributed by atoms with Crippen LogP contribution in [0.1, 0.15) is 112 Å². The van der Waals surface area contributed by atoms with Gasteiger partial charge in [0, 0.05) is 11.5 Å². The lowest BCUT2D eigenvalue weighted by Gasteiger charge is -2.71. The van der Waals surface area contributed by atoms with Crippen molar-refractivity contribution in [1.29, 1.82) is 0 Å². The molecule has 10 fully saturated rings. The predicted octanol–water partition coefficient (Wildman–Crippen LogP) is -3.11. The van der Waals surface area contributed by atoms with E-state index in [-0.39, 0.29) is 49.4 Å². The lowest BCUT2D eigenvalue weighted by atomic mass is 9.33. The number of hydrogen-bond acceptors (Lipinski definition) is 35. The summed E-state index contributed by atoms with van der Waals surface area (Å²) in [6.45, 7) is 8.42. The SMILES string of the molecule is COc1cc(/C=C/C(=O)O[C@@H]2[C@H](O)[C@@H](O[C@H]3O[C@@H](C)[C@@H](O[C@H]4OC[C@@H](O)[C@H](O[C@@H]5OC[C@H](O)[C@H](O)[C@H]5O)[C@H]4O)[C@H](O[C@@H]4OC[C@](O)(CO)[C@H]4O)[C@@H]3O)[C@H](OC(=O)[C@]34CCC(C)(C)C[C@H]3C3=CC[C@@H]5[C@@]6(C)C[C@H](O)[C@H](O[C@@H]7O[C@H](CO)[C@@H](O)[C@H](O)[C@H]7O)[C@@](C)(C(=O)O)[C@@H]6CC[C@@]5(C)[C@]3(CO)CC4)O[C@@H]2C)cc(OC)c1OC. The van der Waals surface area contributed by atoms with Gasteiger partial charge in [0.05, 0.1) is 90.1 Å². The van der Waals surface area contributed by atoms with Crippen molar-refractivity contribution >= 4 is 24.0 Å². The van der Waals surface area contributed by atoms with Gasteiger partial charge in [0.15, 0.2) is 55.2 Å².